The highest BCUT2D eigenvalue weighted by atomic mass is 16.5. The highest BCUT2D eigenvalue weighted by molar-refractivity contribution is 5.66. The Morgan fingerprint density at radius 2 is 1.96 bits per heavy atom. The lowest BCUT2D eigenvalue weighted by Crippen LogP contribution is -2.06. The molecule has 0 aliphatic heterocycles. The number of hydrogen-bond acceptors (Lipinski definition) is 6. The molecule has 7 nitrogen and oxygen atoms in total. The predicted molar refractivity (Wildman–Crippen MR) is 109 cm³/mol. The van der Waals surface area contributed by atoms with E-state index in [0.717, 1.165) is 28.5 Å². The summed E-state index contributed by atoms with van der Waals surface area (Å²) in [6.45, 7) is 6.77. The number of hydrogen-bond donors (Lipinski definition) is 1. The van der Waals surface area contributed by atoms with Crippen LogP contribution in [-0.4, -0.2) is 31.2 Å². The van der Waals surface area contributed by atoms with Crippen molar-refractivity contribution >= 4 is 17.3 Å². The summed E-state index contributed by atoms with van der Waals surface area (Å²) in [5, 5.41) is 8.10. The van der Waals surface area contributed by atoms with Gasteiger partial charge in [0.25, 0.3) is 5.78 Å². The van der Waals surface area contributed by atoms with Gasteiger partial charge in [0.15, 0.2) is 5.82 Å². The number of nitrogens with zero attached hydrogens (tertiary/aromatic N) is 5. The maximum atomic E-state index is 5.74. The van der Waals surface area contributed by atoms with Gasteiger partial charge in [0.1, 0.15) is 11.6 Å². The standard InChI is InChI=1S/C21H22N6O/c1-4-28-18-10-6-5-9-16(18)23-19-12-17(14(2)3)24-21-25-20(26-27(19)21)15-8-7-11-22-13-15/h5-14,23H,4H2,1-3H3. The number of aromatic nitrogens is 5. The van der Waals surface area contributed by atoms with Crippen molar-refractivity contribution < 1.29 is 4.74 Å². The van der Waals surface area contributed by atoms with Gasteiger partial charge in [-0.25, -0.2) is 4.98 Å². The Morgan fingerprint density at radius 1 is 1.11 bits per heavy atom. The third-order valence-corrected chi connectivity index (χ3v) is 4.29. The number of rotatable bonds is 6. The third kappa shape index (κ3) is 3.51. The molecule has 0 saturated carbocycles. The Morgan fingerprint density at radius 3 is 2.71 bits per heavy atom. The van der Waals surface area contributed by atoms with Gasteiger partial charge in [0, 0.05) is 24.0 Å². The molecule has 1 aromatic carbocycles. The van der Waals surface area contributed by atoms with E-state index < -0.39 is 0 Å². The molecular formula is C21H22N6O. The lowest BCUT2D eigenvalue weighted by Gasteiger charge is -2.14. The van der Waals surface area contributed by atoms with Gasteiger partial charge in [-0.1, -0.05) is 26.0 Å². The first kappa shape index (κ1) is 17.9. The Labute approximate surface area is 163 Å². The fraction of sp³-hybridized carbons (Fsp3) is 0.238. The fourth-order valence-corrected chi connectivity index (χ4v) is 2.88. The molecule has 0 amide bonds. The molecule has 3 heterocycles. The zero-order chi connectivity index (χ0) is 19.5. The Hall–Kier alpha value is -3.48. The molecule has 0 atom stereocenters. The van der Waals surface area contributed by atoms with Crippen LogP contribution in [0.5, 0.6) is 5.75 Å². The first-order chi connectivity index (χ1) is 13.7. The summed E-state index contributed by atoms with van der Waals surface area (Å²) in [5.41, 5.74) is 2.65. The molecule has 28 heavy (non-hydrogen) atoms. The topological polar surface area (TPSA) is 77.2 Å². The van der Waals surface area contributed by atoms with E-state index in [1.807, 2.05) is 49.4 Å². The fourth-order valence-electron chi connectivity index (χ4n) is 2.88. The quantitative estimate of drug-likeness (QED) is 0.537. The van der Waals surface area contributed by atoms with Crippen LogP contribution in [0.25, 0.3) is 17.2 Å². The zero-order valence-electron chi connectivity index (χ0n) is 16.1. The molecule has 4 aromatic rings. The Kier molecular flexibility index (Phi) is 4.89. The number of pyridine rings is 1. The van der Waals surface area contributed by atoms with Crippen LogP contribution in [0.15, 0.2) is 54.9 Å². The monoisotopic (exact) mass is 374 g/mol. The molecule has 0 radical (unpaired) electrons. The lowest BCUT2D eigenvalue weighted by atomic mass is 10.1. The second-order valence-corrected chi connectivity index (χ2v) is 6.66. The van der Waals surface area contributed by atoms with Crippen molar-refractivity contribution in [2.45, 2.75) is 26.7 Å². The average Bonchev–Trinajstić information content (AvgIpc) is 3.15. The summed E-state index contributed by atoms with van der Waals surface area (Å²) in [6.07, 6.45) is 3.47. The van der Waals surface area contributed by atoms with Gasteiger partial charge in [-0.05, 0) is 37.1 Å². The van der Waals surface area contributed by atoms with Crippen LogP contribution < -0.4 is 10.1 Å². The SMILES string of the molecule is CCOc1ccccc1Nc1cc(C(C)C)nc2nc(-c3cccnc3)nn12. The Bertz CT molecular complexity index is 1090. The maximum Gasteiger partial charge on any atom is 0.254 e. The predicted octanol–water partition coefficient (Wildman–Crippen LogP) is 4.45. The summed E-state index contributed by atoms with van der Waals surface area (Å²) in [4.78, 5) is 13.5. The van der Waals surface area contributed by atoms with Gasteiger partial charge < -0.3 is 10.1 Å². The summed E-state index contributed by atoms with van der Waals surface area (Å²) in [5.74, 6) is 2.95. The minimum absolute atomic E-state index is 0.256. The Balaban J connectivity index is 1.83. The van der Waals surface area contributed by atoms with Crippen molar-refractivity contribution in [2.75, 3.05) is 11.9 Å². The normalized spacial score (nSPS) is 11.1. The van der Waals surface area contributed by atoms with Crippen LogP contribution >= 0.6 is 0 Å². The van der Waals surface area contributed by atoms with Crippen LogP contribution in [0.1, 0.15) is 32.4 Å². The number of para-hydroxylation sites is 2. The second kappa shape index (κ2) is 7.64. The van der Waals surface area contributed by atoms with Crippen molar-refractivity contribution in [2.24, 2.45) is 0 Å². The number of anilines is 2. The van der Waals surface area contributed by atoms with E-state index in [2.05, 4.69) is 39.2 Å². The second-order valence-electron chi connectivity index (χ2n) is 6.66. The third-order valence-electron chi connectivity index (χ3n) is 4.29. The zero-order valence-corrected chi connectivity index (χ0v) is 16.1. The van der Waals surface area contributed by atoms with Crippen molar-refractivity contribution in [1.29, 1.82) is 0 Å². The van der Waals surface area contributed by atoms with Crippen LogP contribution in [0.3, 0.4) is 0 Å². The first-order valence-electron chi connectivity index (χ1n) is 9.32. The minimum atomic E-state index is 0.256. The summed E-state index contributed by atoms with van der Waals surface area (Å²) >= 11 is 0. The van der Waals surface area contributed by atoms with Gasteiger partial charge >= 0.3 is 0 Å². The number of nitrogens with one attached hydrogen (secondary N) is 1. The highest BCUT2D eigenvalue weighted by Crippen LogP contribution is 2.29. The molecule has 0 bridgehead atoms. The summed E-state index contributed by atoms with van der Waals surface area (Å²) in [6, 6.07) is 13.6. The van der Waals surface area contributed by atoms with E-state index in [4.69, 9.17) is 4.74 Å². The highest BCUT2D eigenvalue weighted by Gasteiger charge is 2.15. The van der Waals surface area contributed by atoms with E-state index in [9.17, 15) is 0 Å². The van der Waals surface area contributed by atoms with Gasteiger partial charge in [-0.3, -0.25) is 4.98 Å². The molecule has 1 N–H and O–H groups in total. The summed E-state index contributed by atoms with van der Waals surface area (Å²) < 4.78 is 7.46. The maximum absolute atomic E-state index is 5.74. The van der Waals surface area contributed by atoms with Crippen LogP contribution in [0, 0.1) is 0 Å². The molecule has 0 unspecified atom stereocenters. The van der Waals surface area contributed by atoms with E-state index >= 15 is 0 Å². The smallest absolute Gasteiger partial charge is 0.254 e. The first-order valence-corrected chi connectivity index (χ1v) is 9.32. The molecule has 4 rings (SSSR count). The van der Waals surface area contributed by atoms with Crippen molar-refractivity contribution in [3.63, 3.8) is 0 Å². The van der Waals surface area contributed by atoms with Gasteiger partial charge in [-0.2, -0.15) is 9.50 Å². The molecular weight excluding hydrogens is 352 g/mol. The minimum Gasteiger partial charge on any atom is -0.492 e. The van der Waals surface area contributed by atoms with Crippen molar-refractivity contribution in [1.82, 2.24) is 24.6 Å². The number of ether oxygens (including phenoxy) is 1. The molecule has 0 fully saturated rings. The van der Waals surface area contributed by atoms with Crippen molar-refractivity contribution in [3.05, 3.63) is 60.6 Å². The van der Waals surface area contributed by atoms with Gasteiger partial charge in [0.2, 0.25) is 0 Å². The van der Waals surface area contributed by atoms with Crippen molar-refractivity contribution in [3.8, 4) is 17.1 Å². The lowest BCUT2D eigenvalue weighted by molar-refractivity contribution is 0.342. The number of fused-ring (bicyclic) bond motifs is 1. The molecule has 0 spiro atoms. The molecule has 7 heteroatoms. The molecule has 3 aromatic heterocycles. The molecule has 0 aliphatic rings. The van der Waals surface area contributed by atoms with Crippen LogP contribution in [0.2, 0.25) is 0 Å². The van der Waals surface area contributed by atoms with E-state index in [0.29, 0.717) is 18.2 Å². The summed E-state index contributed by atoms with van der Waals surface area (Å²) in [7, 11) is 0. The molecule has 142 valence electrons. The van der Waals surface area contributed by atoms with Crippen LogP contribution in [-0.2, 0) is 0 Å². The number of benzene rings is 1. The van der Waals surface area contributed by atoms with Gasteiger partial charge in [-0.15, -0.1) is 5.10 Å². The molecule has 0 saturated heterocycles. The van der Waals surface area contributed by atoms with Gasteiger partial charge in [0.05, 0.1) is 18.0 Å². The van der Waals surface area contributed by atoms with Crippen LogP contribution in [0.4, 0.5) is 11.5 Å². The molecule has 0 aliphatic carbocycles. The largest absolute Gasteiger partial charge is 0.492 e. The van der Waals surface area contributed by atoms with E-state index in [1.165, 1.54) is 0 Å². The van der Waals surface area contributed by atoms with E-state index in [1.54, 1.807) is 16.9 Å². The van der Waals surface area contributed by atoms with E-state index in [-0.39, 0.29) is 5.92 Å². The average molecular weight is 374 g/mol.